The van der Waals surface area contributed by atoms with Crippen LogP contribution in [-0.2, 0) is 34.6 Å². The minimum atomic E-state index is -0.795. The Morgan fingerprint density at radius 1 is 0.982 bits per heavy atom. The molecule has 5 aromatic rings. The first-order chi connectivity index (χ1) is 27.3. The molecule has 6 N–H and O–H groups in total. The number of benzene rings is 3. The topological polar surface area (TPSA) is 156 Å². The second kappa shape index (κ2) is 21.6. The summed E-state index contributed by atoms with van der Waals surface area (Å²) in [5.41, 5.74) is 3.59. The Bertz CT molecular complexity index is 2050. The highest BCUT2D eigenvalue weighted by atomic mass is 32.1. The van der Waals surface area contributed by atoms with Gasteiger partial charge in [0.1, 0.15) is 11.3 Å². The molecule has 12 heteroatoms. The number of phenolic OH excluding ortho intramolecular Hbond substituents is 1. The van der Waals surface area contributed by atoms with Gasteiger partial charge in [0.2, 0.25) is 5.56 Å². The zero-order valence-corrected chi connectivity index (χ0v) is 33.2. The van der Waals surface area contributed by atoms with Crippen LogP contribution in [0.4, 0.5) is 0 Å². The predicted molar refractivity (Wildman–Crippen MR) is 223 cm³/mol. The number of pyridine rings is 1. The van der Waals surface area contributed by atoms with Gasteiger partial charge in [0, 0.05) is 36.0 Å². The predicted octanol–water partition coefficient (Wildman–Crippen LogP) is 5.80. The van der Waals surface area contributed by atoms with Gasteiger partial charge >= 0.3 is 5.97 Å². The van der Waals surface area contributed by atoms with Crippen LogP contribution in [0, 0.1) is 0 Å². The molecule has 1 aliphatic carbocycles. The maximum atomic E-state index is 12.4. The van der Waals surface area contributed by atoms with Gasteiger partial charge in [0.05, 0.1) is 23.6 Å². The van der Waals surface area contributed by atoms with Crippen molar-refractivity contribution in [1.82, 2.24) is 25.8 Å². The first-order valence-corrected chi connectivity index (χ1v) is 20.2. The Morgan fingerprint density at radius 2 is 1.73 bits per heavy atom. The van der Waals surface area contributed by atoms with E-state index in [1.165, 1.54) is 67.6 Å². The van der Waals surface area contributed by atoms with Crippen molar-refractivity contribution < 1.29 is 24.5 Å². The summed E-state index contributed by atoms with van der Waals surface area (Å²) >= 11 is 1.43. The summed E-state index contributed by atoms with van der Waals surface area (Å²) in [6.45, 7) is 6.50. The fourth-order valence-corrected chi connectivity index (χ4v) is 8.04. The van der Waals surface area contributed by atoms with Crippen LogP contribution in [-0.4, -0.2) is 79.2 Å². The van der Waals surface area contributed by atoms with Crippen LogP contribution < -0.4 is 21.5 Å². The lowest BCUT2D eigenvalue weighted by atomic mass is 9.91. The minimum absolute atomic E-state index is 0.00340. The number of unbranched alkanes of at least 4 members (excludes halogenated alkanes) is 1. The van der Waals surface area contributed by atoms with Gasteiger partial charge in [-0.1, -0.05) is 60.7 Å². The first kappa shape index (κ1) is 42.5. The Morgan fingerprint density at radius 3 is 2.46 bits per heavy atom. The highest BCUT2D eigenvalue weighted by Gasteiger charge is 2.46. The first-order valence-electron chi connectivity index (χ1n) is 19.4. The van der Waals surface area contributed by atoms with Crippen molar-refractivity contribution in [1.29, 1.82) is 0 Å². The number of carbonyl (C=O) groups excluding carboxylic acids is 2. The SMILES string of the molecule is CNCCCCNCC(O)c1ccc(O)c2[nH]c(=O)ccc12.COC(=O)C1(NCc2ccc(C=O)s2)CCc2ccccc21.c1ccc(CN2CCCC2)cc1. The molecule has 2 atom stereocenters. The number of aromatic nitrogens is 1. The molecule has 0 saturated carbocycles. The Labute approximate surface area is 333 Å². The summed E-state index contributed by atoms with van der Waals surface area (Å²) in [6.07, 6.45) is 6.57. The number of methoxy groups -OCH3 is 1. The number of aromatic amines is 1. The van der Waals surface area contributed by atoms with Crippen LogP contribution in [0.2, 0.25) is 0 Å². The van der Waals surface area contributed by atoms with Crippen molar-refractivity contribution in [3.8, 4) is 5.75 Å². The third-order valence-electron chi connectivity index (χ3n) is 10.2. The number of hydrogen-bond donors (Lipinski definition) is 6. The standard InChI is InChI=1S/C17H17NO3S.C16H23N3O3.C11H15N/c1-21-16(20)17(9-8-12-4-2-3-5-15(12)17)18-10-13-6-7-14(11-19)22-13;1-17-8-2-3-9-18-10-14(21)11-4-6-13(20)16-12(11)5-7-15(22)19-16;1-2-6-11(7-3-1)10-12-8-4-5-9-12/h2-7,11,18H,8-10H2,1H3;4-7,14,17-18,20-21H,2-3,8-10H2,1H3,(H,19,22);1-3,6-7H,4-5,8-10H2. The van der Waals surface area contributed by atoms with E-state index in [-0.39, 0.29) is 17.3 Å². The summed E-state index contributed by atoms with van der Waals surface area (Å²) in [5.74, 6) is -0.256. The maximum Gasteiger partial charge on any atom is 0.330 e. The van der Waals surface area contributed by atoms with Gasteiger partial charge in [-0.15, -0.1) is 11.3 Å². The lowest BCUT2D eigenvalue weighted by molar-refractivity contribution is -0.149. The van der Waals surface area contributed by atoms with E-state index in [4.69, 9.17) is 4.74 Å². The molecule has 2 aromatic heterocycles. The molecule has 0 radical (unpaired) electrons. The van der Waals surface area contributed by atoms with Crippen LogP contribution in [0.1, 0.15) is 75.0 Å². The summed E-state index contributed by atoms with van der Waals surface area (Å²) in [7, 11) is 3.35. The second-order valence-corrected chi connectivity index (χ2v) is 15.3. The second-order valence-electron chi connectivity index (χ2n) is 14.1. The van der Waals surface area contributed by atoms with Gasteiger partial charge in [-0.25, -0.2) is 4.79 Å². The van der Waals surface area contributed by atoms with E-state index in [0.717, 1.165) is 55.6 Å². The van der Waals surface area contributed by atoms with E-state index in [0.29, 0.717) is 40.9 Å². The molecule has 0 amide bonds. The number of carbonyl (C=O) groups is 2. The number of H-pyrrole nitrogens is 1. The average molecular weight is 782 g/mol. The van der Waals surface area contributed by atoms with E-state index < -0.39 is 11.6 Å². The highest BCUT2D eigenvalue weighted by Crippen LogP contribution is 2.38. The van der Waals surface area contributed by atoms with Crippen molar-refractivity contribution in [3.63, 3.8) is 0 Å². The third-order valence-corrected chi connectivity index (χ3v) is 11.2. The van der Waals surface area contributed by atoms with E-state index in [1.54, 1.807) is 18.2 Å². The van der Waals surface area contributed by atoms with Gasteiger partial charge < -0.3 is 30.6 Å². The van der Waals surface area contributed by atoms with Crippen molar-refractivity contribution in [3.05, 3.63) is 133 Å². The van der Waals surface area contributed by atoms with Crippen LogP contribution in [0.3, 0.4) is 0 Å². The number of aliphatic hydroxyl groups excluding tert-OH is 1. The Balaban J connectivity index is 0.000000168. The van der Waals surface area contributed by atoms with Crippen molar-refractivity contribution >= 4 is 34.5 Å². The molecule has 3 aromatic carbocycles. The van der Waals surface area contributed by atoms with Gasteiger partial charge in [0.25, 0.3) is 0 Å². The Kier molecular flexibility index (Phi) is 16.4. The number of likely N-dealkylation sites (tertiary alicyclic amines) is 1. The molecular formula is C44H55N5O6S. The van der Waals surface area contributed by atoms with E-state index in [1.807, 2.05) is 31.3 Å². The monoisotopic (exact) mass is 781 g/mol. The quantitative estimate of drug-likeness (QED) is 0.0436. The zero-order chi connectivity index (χ0) is 39.8. The van der Waals surface area contributed by atoms with Gasteiger partial charge in [-0.3, -0.25) is 19.8 Å². The van der Waals surface area contributed by atoms with Gasteiger partial charge in [-0.05, 0) is 118 Å². The largest absolute Gasteiger partial charge is 0.506 e. The summed E-state index contributed by atoms with van der Waals surface area (Å²) < 4.78 is 5.05. The number of ether oxygens (including phenoxy) is 1. The molecule has 1 fully saturated rings. The number of thiophene rings is 1. The number of hydrogen-bond acceptors (Lipinski definition) is 11. The molecule has 7 rings (SSSR count). The molecule has 56 heavy (non-hydrogen) atoms. The van der Waals surface area contributed by atoms with Crippen LogP contribution >= 0.6 is 11.3 Å². The molecule has 1 saturated heterocycles. The minimum Gasteiger partial charge on any atom is -0.506 e. The lowest BCUT2D eigenvalue weighted by Crippen LogP contribution is -2.47. The van der Waals surface area contributed by atoms with E-state index >= 15 is 0 Å². The van der Waals surface area contributed by atoms with Crippen molar-refractivity contribution in [2.45, 2.75) is 63.3 Å². The highest BCUT2D eigenvalue weighted by molar-refractivity contribution is 7.13. The number of aldehydes is 1. The average Bonchev–Trinajstić information content (AvgIpc) is 4.01. The van der Waals surface area contributed by atoms with Gasteiger partial charge in [0.15, 0.2) is 6.29 Å². The van der Waals surface area contributed by atoms with Crippen LogP contribution in [0.25, 0.3) is 10.9 Å². The molecule has 2 unspecified atom stereocenters. The fraction of sp³-hybridized carbons (Fsp3) is 0.386. The smallest absolute Gasteiger partial charge is 0.330 e. The maximum absolute atomic E-state index is 12.4. The number of fused-ring (bicyclic) bond motifs is 2. The number of nitrogens with zero attached hydrogens (tertiary/aromatic N) is 1. The number of esters is 1. The molecule has 0 bridgehead atoms. The Hall–Kier alpha value is -4.69. The normalized spacial score (nSPS) is 16.6. The molecule has 0 spiro atoms. The third kappa shape index (κ3) is 11.4. The summed E-state index contributed by atoms with van der Waals surface area (Å²) in [6, 6.07) is 28.6. The molecule has 2 aliphatic rings. The number of aliphatic hydroxyl groups is 1. The van der Waals surface area contributed by atoms with Crippen molar-refractivity contribution in [2.24, 2.45) is 0 Å². The molecular weight excluding hydrogens is 727 g/mol. The molecule has 1 aliphatic heterocycles. The van der Waals surface area contributed by atoms with E-state index in [2.05, 4.69) is 62.2 Å². The van der Waals surface area contributed by atoms with E-state index in [9.17, 15) is 24.6 Å². The number of rotatable bonds is 15. The van der Waals surface area contributed by atoms with Gasteiger partial charge in [-0.2, -0.15) is 0 Å². The lowest BCUT2D eigenvalue weighted by Gasteiger charge is -2.28. The number of aryl methyl sites for hydroxylation is 1. The number of phenols is 1. The molecule has 298 valence electrons. The fourth-order valence-electron chi connectivity index (χ4n) is 7.28. The summed E-state index contributed by atoms with van der Waals surface area (Å²) in [4.78, 5) is 41.4. The summed E-state index contributed by atoms with van der Waals surface area (Å²) in [5, 5.41) is 30.5. The molecule has 11 nitrogen and oxygen atoms in total. The molecule has 3 heterocycles. The van der Waals surface area contributed by atoms with Crippen LogP contribution in [0.15, 0.2) is 95.8 Å². The number of nitrogens with one attached hydrogen (secondary N) is 4. The van der Waals surface area contributed by atoms with Crippen molar-refractivity contribution in [2.75, 3.05) is 46.9 Å². The number of aromatic hydroxyl groups is 1. The zero-order valence-electron chi connectivity index (χ0n) is 32.4. The van der Waals surface area contributed by atoms with Crippen LogP contribution in [0.5, 0.6) is 5.75 Å².